The van der Waals surface area contributed by atoms with Crippen molar-refractivity contribution in [1.29, 1.82) is 0 Å². The van der Waals surface area contributed by atoms with E-state index >= 15 is 0 Å². The van der Waals surface area contributed by atoms with E-state index in [1.54, 1.807) is 29.4 Å². The van der Waals surface area contributed by atoms with Crippen molar-refractivity contribution >= 4 is 34.9 Å². The summed E-state index contributed by atoms with van der Waals surface area (Å²) in [6.07, 6.45) is 6.62. The minimum Gasteiger partial charge on any atom is -0.395 e. The minimum absolute atomic E-state index is 0.0522. The maximum Gasteiger partial charge on any atom is 0.270 e. The summed E-state index contributed by atoms with van der Waals surface area (Å²) in [5.41, 5.74) is 12.8. The monoisotopic (exact) mass is 478 g/mol. The van der Waals surface area contributed by atoms with Crippen LogP contribution in [0.3, 0.4) is 0 Å². The van der Waals surface area contributed by atoms with Gasteiger partial charge in [0.25, 0.3) is 11.8 Å². The number of anilines is 1. The fourth-order valence-corrected chi connectivity index (χ4v) is 5.04. The van der Waals surface area contributed by atoms with Crippen LogP contribution in [0.2, 0.25) is 0 Å². The van der Waals surface area contributed by atoms with Gasteiger partial charge >= 0.3 is 0 Å². The number of nitrogens with two attached hydrogens (primary N) is 2. The van der Waals surface area contributed by atoms with Gasteiger partial charge in [-0.15, -0.1) is 0 Å². The Kier molecular flexibility index (Phi) is 7.17. The number of aromatic nitrogens is 2. The quantitative estimate of drug-likeness (QED) is 0.454. The largest absolute Gasteiger partial charge is 0.395 e. The smallest absolute Gasteiger partial charge is 0.270 e. The van der Waals surface area contributed by atoms with E-state index in [0.29, 0.717) is 12.1 Å². The maximum atomic E-state index is 13.9. The molecule has 1 aliphatic carbocycles. The van der Waals surface area contributed by atoms with Crippen LogP contribution in [0.5, 0.6) is 0 Å². The zero-order valence-corrected chi connectivity index (χ0v) is 19.3. The normalized spacial score (nSPS) is 14.5. The molecule has 0 spiro atoms. The van der Waals surface area contributed by atoms with Gasteiger partial charge in [-0.1, -0.05) is 43.2 Å². The van der Waals surface area contributed by atoms with Crippen molar-refractivity contribution in [3.8, 4) is 0 Å². The third-order valence-electron chi connectivity index (χ3n) is 5.97. The summed E-state index contributed by atoms with van der Waals surface area (Å²) in [6, 6.07) is 12.0. The van der Waals surface area contributed by atoms with Crippen molar-refractivity contribution in [3.63, 3.8) is 0 Å². The second kappa shape index (κ2) is 10.4. The van der Waals surface area contributed by atoms with E-state index in [9.17, 15) is 14.4 Å². The van der Waals surface area contributed by atoms with E-state index in [2.05, 4.69) is 14.7 Å². The fraction of sp³-hybridized carbons (Fsp3) is 0.292. The standard InChI is InChI=1S/C24H26N6O3S/c25-18-19(22(26)31)29-34-21(18)24(33)30(17-8-4-5-9-17)20(16-10-12-27-13-11-16)23(32)28-14-15-6-2-1-3-7-15/h1-3,6-7,10-13,17,20H,4-5,8-9,14,25H2,(H2,26,31)(H,28,32)/t20-/m0/s1. The summed E-state index contributed by atoms with van der Waals surface area (Å²) in [5.74, 6) is -1.55. The van der Waals surface area contributed by atoms with E-state index in [-0.39, 0.29) is 28.2 Å². The molecule has 2 heterocycles. The molecule has 0 saturated heterocycles. The first-order valence-electron chi connectivity index (χ1n) is 11.1. The molecule has 5 N–H and O–H groups in total. The molecule has 3 aromatic rings. The third kappa shape index (κ3) is 4.91. The van der Waals surface area contributed by atoms with E-state index in [0.717, 1.165) is 42.8 Å². The van der Waals surface area contributed by atoms with Crippen LogP contribution in [0.1, 0.15) is 63.0 Å². The van der Waals surface area contributed by atoms with E-state index in [4.69, 9.17) is 11.5 Å². The number of nitrogen functional groups attached to an aromatic ring is 1. The summed E-state index contributed by atoms with van der Waals surface area (Å²) in [7, 11) is 0. The van der Waals surface area contributed by atoms with Crippen molar-refractivity contribution in [3.05, 3.63) is 76.6 Å². The Balaban J connectivity index is 1.72. The van der Waals surface area contributed by atoms with Crippen molar-refractivity contribution < 1.29 is 14.4 Å². The number of nitrogens with zero attached hydrogens (tertiary/aromatic N) is 3. The average molecular weight is 479 g/mol. The van der Waals surface area contributed by atoms with Gasteiger partial charge in [0.05, 0.1) is 5.69 Å². The van der Waals surface area contributed by atoms with Gasteiger partial charge in [0.2, 0.25) is 5.91 Å². The molecule has 10 heteroatoms. The van der Waals surface area contributed by atoms with E-state index in [1.165, 1.54) is 0 Å². The van der Waals surface area contributed by atoms with Gasteiger partial charge in [-0.25, -0.2) is 0 Å². The van der Waals surface area contributed by atoms with Gasteiger partial charge < -0.3 is 21.7 Å². The molecule has 0 bridgehead atoms. The van der Waals surface area contributed by atoms with Crippen molar-refractivity contribution in [2.24, 2.45) is 5.73 Å². The molecule has 3 amide bonds. The lowest BCUT2D eigenvalue weighted by Gasteiger charge is -2.35. The number of pyridine rings is 1. The number of carbonyl (C=O) groups excluding carboxylic acids is 3. The van der Waals surface area contributed by atoms with Gasteiger partial charge in [0.15, 0.2) is 5.69 Å². The summed E-state index contributed by atoms with van der Waals surface area (Å²) in [5, 5.41) is 2.98. The molecule has 176 valence electrons. The van der Waals surface area contributed by atoms with Crippen LogP contribution >= 0.6 is 11.5 Å². The number of carbonyl (C=O) groups is 3. The molecule has 0 unspecified atom stereocenters. The first-order valence-corrected chi connectivity index (χ1v) is 11.8. The highest BCUT2D eigenvalue weighted by Gasteiger charge is 2.39. The molecule has 1 atom stereocenters. The van der Waals surface area contributed by atoms with Gasteiger partial charge in [-0.2, -0.15) is 4.37 Å². The number of benzene rings is 1. The second-order valence-corrected chi connectivity index (χ2v) is 8.95. The van der Waals surface area contributed by atoms with Crippen LogP contribution in [0.4, 0.5) is 5.69 Å². The van der Waals surface area contributed by atoms with Gasteiger partial charge in [-0.05, 0) is 47.6 Å². The van der Waals surface area contributed by atoms with Crippen LogP contribution in [-0.4, -0.2) is 38.0 Å². The molecular formula is C24H26N6O3S. The molecule has 1 saturated carbocycles. The number of hydrogen-bond acceptors (Lipinski definition) is 7. The Morgan fingerprint density at radius 3 is 2.38 bits per heavy atom. The highest BCUT2D eigenvalue weighted by Crippen LogP contribution is 2.35. The Bertz CT molecular complexity index is 1160. The summed E-state index contributed by atoms with van der Waals surface area (Å²) in [6.45, 7) is 0.322. The summed E-state index contributed by atoms with van der Waals surface area (Å²) < 4.78 is 3.98. The highest BCUT2D eigenvalue weighted by atomic mass is 32.1. The third-order valence-corrected chi connectivity index (χ3v) is 6.82. The fourth-order valence-electron chi connectivity index (χ4n) is 4.29. The van der Waals surface area contributed by atoms with Crippen LogP contribution in [0, 0.1) is 0 Å². The molecular weight excluding hydrogens is 452 g/mol. The SMILES string of the molecule is NC(=O)c1nsc(C(=O)N(C2CCCC2)[C@H](C(=O)NCc2ccccc2)c2ccncc2)c1N. The molecule has 4 rings (SSSR count). The lowest BCUT2D eigenvalue weighted by Crippen LogP contribution is -2.48. The molecule has 1 aromatic carbocycles. The maximum absolute atomic E-state index is 13.9. The topological polar surface area (TPSA) is 144 Å². The Hall–Kier alpha value is -3.79. The van der Waals surface area contributed by atoms with Crippen LogP contribution in [0.25, 0.3) is 0 Å². The molecule has 2 aromatic heterocycles. The predicted octanol–water partition coefficient (Wildman–Crippen LogP) is 2.66. The Morgan fingerprint density at radius 2 is 1.76 bits per heavy atom. The average Bonchev–Trinajstić information content (AvgIpc) is 3.51. The zero-order chi connectivity index (χ0) is 24.1. The van der Waals surface area contributed by atoms with Crippen molar-refractivity contribution in [2.75, 3.05) is 5.73 Å². The molecule has 9 nitrogen and oxygen atoms in total. The van der Waals surface area contributed by atoms with Gasteiger partial charge in [0.1, 0.15) is 10.9 Å². The number of amides is 3. The lowest BCUT2D eigenvalue weighted by atomic mass is 10.0. The van der Waals surface area contributed by atoms with Crippen LogP contribution in [-0.2, 0) is 11.3 Å². The first-order chi connectivity index (χ1) is 16.5. The molecule has 0 aliphatic heterocycles. The lowest BCUT2D eigenvalue weighted by molar-refractivity contribution is -0.126. The van der Waals surface area contributed by atoms with Crippen molar-refractivity contribution in [2.45, 2.75) is 44.3 Å². The molecule has 34 heavy (non-hydrogen) atoms. The zero-order valence-electron chi connectivity index (χ0n) is 18.5. The van der Waals surface area contributed by atoms with Crippen molar-refractivity contribution in [1.82, 2.24) is 19.6 Å². The number of nitrogens with one attached hydrogen (secondary N) is 1. The van der Waals surface area contributed by atoms with Crippen LogP contribution < -0.4 is 16.8 Å². The number of hydrogen-bond donors (Lipinski definition) is 3. The molecule has 1 fully saturated rings. The van der Waals surface area contributed by atoms with E-state index in [1.807, 2.05) is 30.3 Å². The number of primary amides is 1. The predicted molar refractivity (Wildman–Crippen MR) is 129 cm³/mol. The Morgan fingerprint density at radius 1 is 1.09 bits per heavy atom. The highest BCUT2D eigenvalue weighted by molar-refractivity contribution is 7.09. The van der Waals surface area contributed by atoms with Crippen LogP contribution in [0.15, 0.2) is 54.9 Å². The Labute approximate surface area is 201 Å². The first kappa shape index (κ1) is 23.4. The van der Waals surface area contributed by atoms with E-state index < -0.39 is 17.9 Å². The van der Waals surface area contributed by atoms with Gasteiger partial charge in [-0.3, -0.25) is 19.4 Å². The summed E-state index contributed by atoms with van der Waals surface area (Å²) in [4.78, 5) is 44.9. The molecule has 1 aliphatic rings. The van der Waals surface area contributed by atoms with Gasteiger partial charge in [0, 0.05) is 25.0 Å². The number of rotatable bonds is 8. The minimum atomic E-state index is -0.902. The molecule has 0 radical (unpaired) electrons. The summed E-state index contributed by atoms with van der Waals surface area (Å²) >= 11 is 0.823. The second-order valence-electron chi connectivity index (χ2n) is 8.18.